The molecule has 0 saturated carbocycles. The maximum Gasteiger partial charge on any atom is 0.350 e. The summed E-state index contributed by atoms with van der Waals surface area (Å²) in [6.45, 7) is 1.34. The van der Waals surface area contributed by atoms with Gasteiger partial charge in [0.15, 0.2) is 5.75 Å². The normalized spacial score (nSPS) is 19.3. The number of hydrogen-bond acceptors (Lipinski definition) is 7. The van der Waals surface area contributed by atoms with Crippen LogP contribution in [0.4, 0.5) is 10.7 Å². The maximum atomic E-state index is 11.6. The smallest absolute Gasteiger partial charge is 0.350 e. The molecule has 1 saturated heterocycles. The largest absolute Gasteiger partial charge is 0.492 e. The van der Waals surface area contributed by atoms with E-state index in [0.29, 0.717) is 22.9 Å². The van der Waals surface area contributed by atoms with Gasteiger partial charge in [-0.25, -0.2) is 4.79 Å². The monoisotopic (exact) mass is 286 g/mol. The van der Waals surface area contributed by atoms with Gasteiger partial charge in [-0.3, -0.25) is 0 Å². The lowest BCUT2D eigenvalue weighted by Gasteiger charge is -2.31. The maximum absolute atomic E-state index is 11.6. The molecule has 0 aliphatic carbocycles. The summed E-state index contributed by atoms with van der Waals surface area (Å²) in [5.41, 5.74) is 6.23. The molecule has 2 heterocycles. The Kier molecular flexibility index (Phi) is 4.16. The standard InChI is InChI=1S/C12H18N2O4S/c1-17-9-8(13)10(12(16)18-2)19-11(9)14-5-3-4-7(15)6-14/h7,15H,3-6,13H2,1-2H3. The number of rotatable bonds is 3. The highest BCUT2D eigenvalue weighted by molar-refractivity contribution is 7.19. The van der Waals surface area contributed by atoms with Crippen molar-refractivity contribution in [2.75, 3.05) is 37.9 Å². The van der Waals surface area contributed by atoms with E-state index in [-0.39, 0.29) is 6.10 Å². The van der Waals surface area contributed by atoms with E-state index in [9.17, 15) is 9.90 Å². The number of carbonyl (C=O) groups is 1. The summed E-state index contributed by atoms with van der Waals surface area (Å²) in [5, 5.41) is 10.5. The summed E-state index contributed by atoms with van der Waals surface area (Å²) in [4.78, 5) is 14.0. The Hall–Kier alpha value is -1.47. The van der Waals surface area contributed by atoms with Crippen LogP contribution in [0.5, 0.6) is 5.75 Å². The number of β-amino-alcohol motifs (C(OH)–C–C–N with tert-alkyl or cyclic N) is 1. The van der Waals surface area contributed by atoms with E-state index in [4.69, 9.17) is 15.2 Å². The molecule has 1 unspecified atom stereocenters. The third-order valence-electron chi connectivity index (χ3n) is 3.14. The minimum atomic E-state index is -0.468. The highest BCUT2D eigenvalue weighted by Crippen LogP contribution is 2.45. The lowest BCUT2D eigenvalue weighted by Crippen LogP contribution is -2.37. The summed E-state index contributed by atoms with van der Waals surface area (Å²) in [7, 11) is 2.83. The summed E-state index contributed by atoms with van der Waals surface area (Å²) in [6.07, 6.45) is 1.34. The second-order valence-electron chi connectivity index (χ2n) is 4.42. The number of anilines is 2. The number of thiophene rings is 1. The number of nitrogen functional groups attached to an aromatic ring is 1. The predicted octanol–water partition coefficient (Wildman–Crippen LogP) is 1.09. The zero-order chi connectivity index (χ0) is 14.0. The van der Waals surface area contributed by atoms with E-state index in [1.165, 1.54) is 25.6 Å². The van der Waals surface area contributed by atoms with E-state index >= 15 is 0 Å². The van der Waals surface area contributed by atoms with Crippen molar-refractivity contribution >= 4 is 28.0 Å². The molecule has 7 heteroatoms. The van der Waals surface area contributed by atoms with Gasteiger partial charge in [0.05, 0.1) is 20.3 Å². The number of hydrogen-bond donors (Lipinski definition) is 2. The second-order valence-corrected chi connectivity index (χ2v) is 5.42. The van der Waals surface area contributed by atoms with E-state index in [0.717, 1.165) is 24.4 Å². The first kappa shape index (κ1) is 14.0. The van der Waals surface area contributed by atoms with Gasteiger partial charge >= 0.3 is 5.97 Å². The fraction of sp³-hybridized carbons (Fsp3) is 0.583. The lowest BCUT2D eigenvalue weighted by molar-refractivity contribution is 0.0607. The van der Waals surface area contributed by atoms with Gasteiger partial charge < -0.3 is 25.2 Å². The Morgan fingerprint density at radius 3 is 2.84 bits per heavy atom. The van der Waals surface area contributed by atoms with Crippen LogP contribution < -0.4 is 15.4 Å². The molecule has 1 aromatic rings. The minimum Gasteiger partial charge on any atom is -0.492 e. The number of aliphatic hydroxyl groups excluding tert-OH is 1. The van der Waals surface area contributed by atoms with Gasteiger partial charge in [0.1, 0.15) is 15.6 Å². The van der Waals surface area contributed by atoms with Crippen LogP contribution in [0.1, 0.15) is 22.5 Å². The number of esters is 1. The van der Waals surface area contributed by atoms with Gasteiger partial charge in [0, 0.05) is 13.1 Å². The number of ether oxygens (including phenoxy) is 2. The number of carbonyl (C=O) groups excluding carboxylic acids is 1. The fourth-order valence-electron chi connectivity index (χ4n) is 2.21. The zero-order valence-electron chi connectivity index (χ0n) is 11.0. The average Bonchev–Trinajstić information content (AvgIpc) is 2.75. The Balaban J connectivity index is 2.36. The Labute approximate surface area is 115 Å². The molecule has 0 spiro atoms. The van der Waals surface area contributed by atoms with Crippen LogP contribution in [-0.4, -0.2) is 44.5 Å². The summed E-state index contributed by atoms with van der Waals surface area (Å²) >= 11 is 1.24. The Bertz CT molecular complexity index is 475. The molecule has 0 aromatic carbocycles. The fourth-order valence-corrected chi connectivity index (χ4v) is 3.35. The number of nitrogens with two attached hydrogens (primary N) is 1. The molecule has 3 N–H and O–H groups in total. The number of piperidine rings is 1. The highest BCUT2D eigenvalue weighted by atomic mass is 32.1. The number of aliphatic hydroxyl groups is 1. The molecule has 19 heavy (non-hydrogen) atoms. The predicted molar refractivity (Wildman–Crippen MR) is 74.1 cm³/mol. The minimum absolute atomic E-state index is 0.300. The van der Waals surface area contributed by atoms with Crippen LogP contribution in [0.2, 0.25) is 0 Å². The van der Waals surface area contributed by atoms with Crippen LogP contribution in [0.3, 0.4) is 0 Å². The molecule has 0 amide bonds. The first-order valence-electron chi connectivity index (χ1n) is 6.06. The van der Waals surface area contributed by atoms with E-state index in [1.54, 1.807) is 0 Å². The van der Waals surface area contributed by atoms with Gasteiger partial charge in [-0.15, -0.1) is 11.3 Å². The molecule has 1 aliphatic rings. The van der Waals surface area contributed by atoms with E-state index < -0.39 is 5.97 Å². The zero-order valence-corrected chi connectivity index (χ0v) is 11.8. The molecule has 0 radical (unpaired) electrons. The number of methoxy groups -OCH3 is 2. The van der Waals surface area contributed by atoms with Crippen molar-refractivity contribution < 1.29 is 19.4 Å². The summed E-state index contributed by atoms with van der Waals surface area (Å²) in [5.74, 6) is 0.0177. The topological polar surface area (TPSA) is 85.0 Å². The molecule has 1 fully saturated rings. The molecule has 1 aromatic heterocycles. The average molecular weight is 286 g/mol. The number of nitrogens with zero attached hydrogens (tertiary/aromatic N) is 1. The van der Waals surface area contributed by atoms with Crippen molar-refractivity contribution in [1.82, 2.24) is 0 Å². The van der Waals surface area contributed by atoms with Gasteiger partial charge in [0.2, 0.25) is 0 Å². The second kappa shape index (κ2) is 5.66. The first-order valence-corrected chi connectivity index (χ1v) is 6.87. The quantitative estimate of drug-likeness (QED) is 0.809. The summed E-state index contributed by atoms with van der Waals surface area (Å²) in [6, 6.07) is 0. The van der Waals surface area contributed by atoms with Gasteiger partial charge in [-0.2, -0.15) is 0 Å². The highest BCUT2D eigenvalue weighted by Gasteiger charge is 2.28. The van der Waals surface area contributed by atoms with Crippen molar-refractivity contribution in [3.8, 4) is 5.75 Å². The van der Waals surface area contributed by atoms with Gasteiger partial charge in [0.25, 0.3) is 0 Å². The molecule has 1 aliphatic heterocycles. The SMILES string of the molecule is COC(=O)c1sc(N2CCCC(O)C2)c(OC)c1N. The van der Waals surface area contributed by atoms with Crippen molar-refractivity contribution in [2.24, 2.45) is 0 Å². The summed E-state index contributed by atoms with van der Waals surface area (Å²) < 4.78 is 10.0. The Morgan fingerprint density at radius 2 is 2.26 bits per heavy atom. The van der Waals surface area contributed by atoms with Crippen molar-refractivity contribution in [3.05, 3.63) is 4.88 Å². The van der Waals surface area contributed by atoms with Crippen molar-refractivity contribution in [2.45, 2.75) is 18.9 Å². The molecule has 6 nitrogen and oxygen atoms in total. The van der Waals surface area contributed by atoms with Gasteiger partial charge in [-0.05, 0) is 12.8 Å². The molecular formula is C12H18N2O4S. The van der Waals surface area contributed by atoms with Crippen LogP contribution in [0.15, 0.2) is 0 Å². The third-order valence-corrected chi connectivity index (χ3v) is 4.37. The lowest BCUT2D eigenvalue weighted by atomic mass is 10.1. The van der Waals surface area contributed by atoms with Crippen LogP contribution in [0.25, 0.3) is 0 Å². The van der Waals surface area contributed by atoms with Crippen LogP contribution >= 0.6 is 11.3 Å². The Morgan fingerprint density at radius 1 is 1.53 bits per heavy atom. The van der Waals surface area contributed by atoms with E-state index in [1.807, 2.05) is 4.90 Å². The molecule has 106 valence electrons. The molecule has 1 atom stereocenters. The van der Waals surface area contributed by atoms with Gasteiger partial charge in [-0.1, -0.05) is 0 Å². The van der Waals surface area contributed by atoms with Crippen molar-refractivity contribution in [3.63, 3.8) is 0 Å². The molecule has 0 bridgehead atoms. The third kappa shape index (κ3) is 2.62. The van der Waals surface area contributed by atoms with Crippen molar-refractivity contribution in [1.29, 1.82) is 0 Å². The van der Waals surface area contributed by atoms with Crippen LogP contribution in [0, 0.1) is 0 Å². The molecule has 2 rings (SSSR count). The van der Waals surface area contributed by atoms with E-state index in [2.05, 4.69) is 0 Å². The van der Waals surface area contributed by atoms with Crippen LogP contribution in [-0.2, 0) is 4.74 Å². The molecular weight excluding hydrogens is 268 g/mol. The first-order chi connectivity index (χ1) is 9.08.